The van der Waals surface area contributed by atoms with Gasteiger partial charge in [-0.2, -0.15) is 0 Å². The number of nitrogens with zero attached hydrogens (tertiary/aromatic N) is 3. The molecule has 1 aliphatic heterocycles. The summed E-state index contributed by atoms with van der Waals surface area (Å²) >= 11 is 5.97. The summed E-state index contributed by atoms with van der Waals surface area (Å²) in [7, 11) is -3.34. The number of amidine groups is 1. The third-order valence-corrected chi connectivity index (χ3v) is 7.36. The van der Waals surface area contributed by atoms with Crippen molar-refractivity contribution in [1.82, 2.24) is 9.88 Å². The molecule has 7 nitrogen and oxygen atoms in total. The van der Waals surface area contributed by atoms with Crippen LogP contribution in [-0.2, 0) is 26.9 Å². The molecule has 1 N–H and O–H groups in total. The van der Waals surface area contributed by atoms with Crippen LogP contribution in [0.3, 0.4) is 0 Å². The Kier molecular flexibility index (Phi) is 6.53. The molecule has 4 aromatic rings. The fourth-order valence-electron chi connectivity index (χ4n) is 4.11. The standard InChI is InChI=1S/C27H24ClN3O4S/c1-36(33,34)23-13-8-21(9-14-23)26-30-27(32,25-15-10-20-4-2-3-5-24(20)29-25)17-31(26)18-35-16-19-6-11-22(28)12-7-19/h2-15,32H,16-18H2,1H3. The van der Waals surface area contributed by atoms with Crippen molar-refractivity contribution >= 4 is 38.2 Å². The van der Waals surface area contributed by atoms with E-state index in [0.29, 0.717) is 28.7 Å². The summed E-state index contributed by atoms with van der Waals surface area (Å²) in [5.74, 6) is 0.489. The lowest BCUT2D eigenvalue weighted by molar-refractivity contribution is 0.000446. The Hall–Kier alpha value is -3.30. The zero-order chi connectivity index (χ0) is 25.3. The van der Waals surface area contributed by atoms with Gasteiger partial charge in [0.1, 0.15) is 12.6 Å². The first kappa shape index (κ1) is 24.4. The highest BCUT2D eigenvalue weighted by Gasteiger charge is 2.41. The number of aliphatic imine (C=N–C) groups is 1. The van der Waals surface area contributed by atoms with E-state index in [2.05, 4.69) is 9.98 Å². The number of hydrogen-bond acceptors (Lipinski definition) is 7. The molecule has 1 atom stereocenters. The molecular weight excluding hydrogens is 498 g/mol. The van der Waals surface area contributed by atoms with Crippen LogP contribution >= 0.6 is 11.6 Å². The molecule has 1 unspecified atom stereocenters. The van der Waals surface area contributed by atoms with Gasteiger partial charge in [-0.3, -0.25) is 0 Å². The molecule has 36 heavy (non-hydrogen) atoms. The molecule has 0 saturated carbocycles. The van der Waals surface area contributed by atoms with Crippen molar-refractivity contribution in [1.29, 1.82) is 0 Å². The first-order valence-electron chi connectivity index (χ1n) is 11.3. The Labute approximate surface area is 214 Å². The summed E-state index contributed by atoms with van der Waals surface area (Å²) in [6.07, 6.45) is 1.16. The lowest BCUT2D eigenvalue weighted by Crippen LogP contribution is -2.36. The average Bonchev–Trinajstić information content (AvgIpc) is 3.22. The van der Waals surface area contributed by atoms with Crippen LogP contribution in [0.15, 0.2) is 94.8 Å². The second-order valence-electron chi connectivity index (χ2n) is 8.74. The minimum Gasteiger partial charge on any atom is -0.363 e. The number of pyridine rings is 1. The number of ether oxygens (including phenoxy) is 1. The maximum atomic E-state index is 11.9. The van der Waals surface area contributed by atoms with Gasteiger partial charge in [-0.15, -0.1) is 0 Å². The topological polar surface area (TPSA) is 92.1 Å². The largest absolute Gasteiger partial charge is 0.363 e. The van der Waals surface area contributed by atoms with Crippen LogP contribution in [0.1, 0.15) is 16.8 Å². The molecule has 0 aliphatic carbocycles. The highest BCUT2D eigenvalue weighted by molar-refractivity contribution is 7.90. The molecule has 0 bridgehead atoms. The second kappa shape index (κ2) is 9.63. The molecule has 0 saturated heterocycles. The number of β-amino-alcohol motifs (C(OH)–C–C–N with tert-alkyl or cyclic N) is 1. The van der Waals surface area contributed by atoms with E-state index in [-0.39, 0.29) is 18.2 Å². The number of aliphatic hydroxyl groups is 1. The van der Waals surface area contributed by atoms with Crippen LogP contribution in [-0.4, -0.2) is 48.8 Å². The molecule has 5 rings (SSSR count). The van der Waals surface area contributed by atoms with Crippen molar-refractivity contribution in [3.05, 3.63) is 107 Å². The maximum Gasteiger partial charge on any atom is 0.219 e. The Morgan fingerprint density at radius 2 is 1.72 bits per heavy atom. The zero-order valence-corrected chi connectivity index (χ0v) is 21.1. The number of halogens is 1. The normalized spacial score (nSPS) is 18.0. The first-order chi connectivity index (χ1) is 17.2. The minimum atomic E-state index is -3.34. The number of benzene rings is 3. The van der Waals surface area contributed by atoms with Crippen molar-refractivity contribution in [3.63, 3.8) is 0 Å². The third kappa shape index (κ3) is 5.12. The van der Waals surface area contributed by atoms with Crippen LogP contribution < -0.4 is 0 Å². The highest BCUT2D eigenvalue weighted by atomic mass is 35.5. The molecule has 9 heteroatoms. The van der Waals surface area contributed by atoms with Crippen LogP contribution in [0.25, 0.3) is 10.9 Å². The molecular formula is C27H24ClN3O4S. The Balaban J connectivity index is 1.45. The molecule has 0 radical (unpaired) electrons. The van der Waals surface area contributed by atoms with Crippen LogP contribution in [0.2, 0.25) is 5.02 Å². The van der Waals surface area contributed by atoms with E-state index in [1.165, 1.54) is 12.1 Å². The van der Waals surface area contributed by atoms with Crippen molar-refractivity contribution in [2.24, 2.45) is 4.99 Å². The summed E-state index contributed by atoms with van der Waals surface area (Å²) in [6.45, 7) is 0.633. The van der Waals surface area contributed by atoms with E-state index in [1.807, 2.05) is 47.4 Å². The fraction of sp³-hybridized carbons (Fsp3) is 0.185. The van der Waals surface area contributed by atoms with E-state index in [1.54, 1.807) is 30.3 Å². The maximum absolute atomic E-state index is 11.9. The predicted octanol–water partition coefficient (Wildman–Crippen LogP) is 4.37. The predicted molar refractivity (Wildman–Crippen MR) is 140 cm³/mol. The summed E-state index contributed by atoms with van der Waals surface area (Å²) in [6, 6.07) is 25.2. The van der Waals surface area contributed by atoms with Gasteiger partial charge in [-0.25, -0.2) is 18.4 Å². The van der Waals surface area contributed by atoms with Gasteiger partial charge in [0.2, 0.25) is 5.72 Å². The van der Waals surface area contributed by atoms with E-state index >= 15 is 0 Å². The van der Waals surface area contributed by atoms with Gasteiger partial charge in [-0.1, -0.05) is 48.0 Å². The molecule has 2 heterocycles. The van der Waals surface area contributed by atoms with Crippen LogP contribution in [0.4, 0.5) is 0 Å². The quantitative estimate of drug-likeness (QED) is 0.388. The summed E-state index contributed by atoms with van der Waals surface area (Å²) in [5, 5.41) is 13.2. The monoisotopic (exact) mass is 521 g/mol. The second-order valence-corrected chi connectivity index (χ2v) is 11.2. The van der Waals surface area contributed by atoms with Crippen LogP contribution in [0, 0.1) is 0 Å². The van der Waals surface area contributed by atoms with Gasteiger partial charge in [0.05, 0.1) is 29.3 Å². The number of aromatic nitrogens is 1. The number of para-hydroxylation sites is 1. The van der Waals surface area contributed by atoms with E-state index < -0.39 is 15.6 Å². The fourth-order valence-corrected chi connectivity index (χ4v) is 4.87. The van der Waals surface area contributed by atoms with E-state index in [9.17, 15) is 13.5 Å². The van der Waals surface area contributed by atoms with Gasteiger partial charge in [0.15, 0.2) is 9.84 Å². The van der Waals surface area contributed by atoms with Gasteiger partial charge in [0.25, 0.3) is 0 Å². The first-order valence-corrected chi connectivity index (χ1v) is 13.5. The molecule has 1 aromatic heterocycles. The van der Waals surface area contributed by atoms with Crippen molar-refractivity contribution in [3.8, 4) is 0 Å². The zero-order valence-electron chi connectivity index (χ0n) is 19.5. The third-order valence-electron chi connectivity index (χ3n) is 5.98. The number of hydrogen-bond donors (Lipinski definition) is 1. The molecule has 3 aromatic carbocycles. The minimum absolute atomic E-state index is 0.127. The Morgan fingerprint density at radius 3 is 2.44 bits per heavy atom. The van der Waals surface area contributed by atoms with E-state index in [4.69, 9.17) is 16.3 Å². The molecule has 0 fully saturated rings. The van der Waals surface area contributed by atoms with Crippen molar-refractivity contribution in [2.75, 3.05) is 19.5 Å². The van der Waals surface area contributed by atoms with Gasteiger partial charge >= 0.3 is 0 Å². The van der Waals surface area contributed by atoms with Crippen LogP contribution in [0.5, 0.6) is 0 Å². The summed E-state index contributed by atoms with van der Waals surface area (Å²) in [4.78, 5) is 11.4. The smallest absolute Gasteiger partial charge is 0.219 e. The Morgan fingerprint density at radius 1 is 1.00 bits per heavy atom. The lowest BCUT2D eigenvalue weighted by atomic mass is 10.1. The average molecular weight is 522 g/mol. The van der Waals surface area contributed by atoms with Crippen molar-refractivity contribution in [2.45, 2.75) is 17.2 Å². The summed E-state index contributed by atoms with van der Waals surface area (Å²) in [5.41, 5.74) is 1.20. The van der Waals surface area contributed by atoms with E-state index in [0.717, 1.165) is 22.7 Å². The summed E-state index contributed by atoms with van der Waals surface area (Å²) < 4.78 is 29.8. The number of sulfone groups is 1. The molecule has 0 amide bonds. The number of rotatable bonds is 7. The van der Waals surface area contributed by atoms with Gasteiger partial charge < -0.3 is 14.7 Å². The Bertz CT molecular complexity index is 1540. The molecule has 184 valence electrons. The molecule has 0 spiro atoms. The van der Waals surface area contributed by atoms with Gasteiger partial charge in [0, 0.05) is 22.2 Å². The lowest BCUT2D eigenvalue weighted by Gasteiger charge is -2.24. The molecule has 1 aliphatic rings. The van der Waals surface area contributed by atoms with Gasteiger partial charge in [-0.05, 0) is 54.1 Å². The SMILES string of the molecule is CS(=O)(=O)c1ccc(C2=NC(O)(c3ccc4ccccc4n3)CN2COCc2ccc(Cl)cc2)cc1. The van der Waals surface area contributed by atoms with Crippen molar-refractivity contribution < 1.29 is 18.3 Å². The highest BCUT2D eigenvalue weighted by Crippen LogP contribution is 2.32. The number of fused-ring (bicyclic) bond motifs is 1.